The zero-order chi connectivity index (χ0) is 22.4. The van der Waals surface area contributed by atoms with Crippen LogP contribution in [-0.4, -0.2) is 69.8 Å². The van der Waals surface area contributed by atoms with E-state index in [-0.39, 0.29) is 17.5 Å². The summed E-state index contributed by atoms with van der Waals surface area (Å²) in [7, 11) is 4.56. The minimum absolute atomic E-state index is 0.0911. The third-order valence-electron chi connectivity index (χ3n) is 5.12. The van der Waals surface area contributed by atoms with Gasteiger partial charge in [0.1, 0.15) is 11.6 Å². The molecular formula is C22H26ClFN2O5. The Bertz CT molecular complexity index is 894. The van der Waals surface area contributed by atoms with E-state index in [2.05, 4.69) is 4.90 Å². The van der Waals surface area contributed by atoms with Crippen molar-refractivity contribution in [1.82, 2.24) is 9.80 Å². The fraction of sp³-hybridized carbons (Fsp3) is 0.409. The van der Waals surface area contributed by atoms with Gasteiger partial charge < -0.3 is 23.8 Å². The molecule has 0 saturated carbocycles. The Morgan fingerprint density at radius 1 is 1.00 bits per heavy atom. The summed E-state index contributed by atoms with van der Waals surface area (Å²) in [6.07, 6.45) is 0. The smallest absolute Gasteiger partial charge is 0.260 e. The molecule has 0 radical (unpaired) electrons. The molecule has 0 unspecified atom stereocenters. The summed E-state index contributed by atoms with van der Waals surface area (Å²) in [5, 5.41) is 0.121. The number of carbonyl (C=O) groups excluding carboxylic acids is 1. The van der Waals surface area contributed by atoms with Crippen LogP contribution in [0.3, 0.4) is 0 Å². The van der Waals surface area contributed by atoms with Gasteiger partial charge in [-0.25, -0.2) is 4.39 Å². The molecule has 0 bridgehead atoms. The Kier molecular flexibility index (Phi) is 7.81. The second kappa shape index (κ2) is 10.5. The van der Waals surface area contributed by atoms with Gasteiger partial charge in [0.25, 0.3) is 5.91 Å². The van der Waals surface area contributed by atoms with Gasteiger partial charge in [0.2, 0.25) is 5.75 Å². The molecule has 7 nitrogen and oxygen atoms in total. The number of amides is 1. The minimum Gasteiger partial charge on any atom is -0.493 e. The Hall–Kier alpha value is -2.71. The van der Waals surface area contributed by atoms with Crippen molar-refractivity contribution in [3.8, 4) is 23.0 Å². The van der Waals surface area contributed by atoms with E-state index in [9.17, 15) is 9.18 Å². The van der Waals surface area contributed by atoms with Crippen LogP contribution in [0.4, 0.5) is 4.39 Å². The number of benzene rings is 2. The molecule has 0 aliphatic carbocycles. The molecule has 1 fully saturated rings. The lowest BCUT2D eigenvalue weighted by Crippen LogP contribution is -2.49. The van der Waals surface area contributed by atoms with Gasteiger partial charge in [-0.2, -0.15) is 0 Å². The second-order valence-electron chi connectivity index (χ2n) is 7.06. The number of halogens is 2. The summed E-state index contributed by atoms with van der Waals surface area (Å²) in [6.45, 7) is 3.17. The number of carbonyl (C=O) groups is 1. The van der Waals surface area contributed by atoms with Crippen molar-refractivity contribution in [2.75, 3.05) is 54.1 Å². The second-order valence-corrected chi connectivity index (χ2v) is 7.46. The molecule has 0 aromatic heterocycles. The maximum absolute atomic E-state index is 13.3. The van der Waals surface area contributed by atoms with E-state index < -0.39 is 5.82 Å². The molecule has 0 atom stereocenters. The molecule has 3 rings (SSSR count). The van der Waals surface area contributed by atoms with Gasteiger partial charge >= 0.3 is 0 Å². The monoisotopic (exact) mass is 452 g/mol. The Labute approximate surface area is 186 Å². The van der Waals surface area contributed by atoms with Crippen LogP contribution >= 0.6 is 11.6 Å². The van der Waals surface area contributed by atoms with E-state index >= 15 is 0 Å². The van der Waals surface area contributed by atoms with Crippen LogP contribution in [-0.2, 0) is 11.3 Å². The zero-order valence-corrected chi connectivity index (χ0v) is 18.6. The molecule has 168 valence electrons. The summed E-state index contributed by atoms with van der Waals surface area (Å²) in [5.41, 5.74) is 0.942. The molecule has 9 heteroatoms. The molecular weight excluding hydrogens is 427 g/mol. The summed E-state index contributed by atoms with van der Waals surface area (Å²) in [4.78, 5) is 16.6. The van der Waals surface area contributed by atoms with Crippen LogP contribution in [0.15, 0.2) is 30.3 Å². The van der Waals surface area contributed by atoms with E-state index in [0.717, 1.165) is 5.56 Å². The van der Waals surface area contributed by atoms with Crippen molar-refractivity contribution in [2.24, 2.45) is 0 Å². The van der Waals surface area contributed by atoms with E-state index in [4.69, 9.17) is 30.5 Å². The quantitative estimate of drug-likeness (QED) is 0.613. The largest absolute Gasteiger partial charge is 0.493 e. The Morgan fingerprint density at radius 3 is 2.19 bits per heavy atom. The molecule has 1 saturated heterocycles. The maximum Gasteiger partial charge on any atom is 0.260 e. The molecule has 1 aliphatic rings. The summed E-state index contributed by atoms with van der Waals surface area (Å²) in [6, 6.07) is 8.04. The minimum atomic E-state index is -0.423. The van der Waals surface area contributed by atoms with E-state index in [1.54, 1.807) is 29.2 Å². The molecule has 0 spiro atoms. The first kappa shape index (κ1) is 23.0. The number of methoxy groups -OCH3 is 3. The average Bonchev–Trinajstić information content (AvgIpc) is 2.79. The van der Waals surface area contributed by atoms with Gasteiger partial charge in [-0.05, 0) is 17.7 Å². The number of rotatable bonds is 8. The first-order valence-electron chi connectivity index (χ1n) is 9.82. The highest BCUT2D eigenvalue weighted by Gasteiger charge is 2.22. The molecule has 31 heavy (non-hydrogen) atoms. The lowest BCUT2D eigenvalue weighted by molar-refractivity contribution is -0.135. The zero-order valence-electron chi connectivity index (χ0n) is 17.8. The third kappa shape index (κ3) is 5.71. The Balaban J connectivity index is 1.51. The van der Waals surface area contributed by atoms with Crippen molar-refractivity contribution in [2.45, 2.75) is 6.54 Å². The first-order chi connectivity index (χ1) is 14.9. The van der Waals surface area contributed by atoms with Crippen LogP contribution in [0.2, 0.25) is 5.02 Å². The normalized spacial score (nSPS) is 14.3. The number of hydrogen-bond donors (Lipinski definition) is 0. The number of ether oxygens (including phenoxy) is 4. The van der Waals surface area contributed by atoms with Crippen LogP contribution < -0.4 is 18.9 Å². The molecule has 1 amide bonds. The lowest BCUT2D eigenvalue weighted by Gasteiger charge is -2.34. The molecule has 0 N–H and O–H groups in total. The van der Waals surface area contributed by atoms with E-state index in [1.807, 2.05) is 0 Å². The van der Waals surface area contributed by atoms with E-state index in [0.29, 0.717) is 55.7 Å². The highest BCUT2D eigenvalue weighted by Crippen LogP contribution is 2.40. The average molecular weight is 453 g/mol. The SMILES string of the molecule is COc1cc(OCC(=O)N2CCN(Cc3ccc(F)c(Cl)c3)CC2)cc(OC)c1OC. The van der Waals surface area contributed by atoms with Crippen molar-refractivity contribution >= 4 is 17.5 Å². The number of nitrogens with zero attached hydrogens (tertiary/aromatic N) is 2. The van der Waals surface area contributed by atoms with E-state index in [1.165, 1.54) is 27.4 Å². The van der Waals surface area contributed by atoms with Crippen LogP contribution in [0.5, 0.6) is 23.0 Å². The van der Waals surface area contributed by atoms with Gasteiger partial charge in [-0.3, -0.25) is 9.69 Å². The fourth-order valence-electron chi connectivity index (χ4n) is 3.43. The maximum atomic E-state index is 13.3. The first-order valence-corrected chi connectivity index (χ1v) is 10.2. The standard InChI is InChI=1S/C22H26ClFN2O5/c1-28-19-11-16(12-20(29-2)22(19)30-3)31-14-21(27)26-8-6-25(7-9-26)13-15-4-5-18(24)17(23)10-15/h4-5,10-12H,6-9,13-14H2,1-3H3. The summed E-state index contributed by atoms with van der Waals surface area (Å²) in [5.74, 6) is 1.31. The fourth-order valence-corrected chi connectivity index (χ4v) is 3.63. The van der Waals surface area contributed by atoms with Gasteiger partial charge in [0.15, 0.2) is 18.1 Å². The number of hydrogen-bond acceptors (Lipinski definition) is 6. The Morgan fingerprint density at radius 2 is 1.65 bits per heavy atom. The predicted molar refractivity (Wildman–Crippen MR) is 115 cm³/mol. The highest BCUT2D eigenvalue weighted by molar-refractivity contribution is 6.30. The summed E-state index contributed by atoms with van der Waals surface area (Å²) >= 11 is 5.85. The molecule has 2 aromatic carbocycles. The van der Waals surface area contributed by atoms with Gasteiger partial charge in [-0.1, -0.05) is 17.7 Å². The third-order valence-corrected chi connectivity index (χ3v) is 5.41. The van der Waals surface area contributed by atoms with Crippen molar-refractivity contribution in [3.05, 3.63) is 46.7 Å². The van der Waals surface area contributed by atoms with Gasteiger partial charge in [0.05, 0.1) is 26.4 Å². The van der Waals surface area contributed by atoms with Gasteiger partial charge in [-0.15, -0.1) is 0 Å². The topological polar surface area (TPSA) is 60.5 Å². The number of piperazine rings is 1. The van der Waals surface area contributed by atoms with Crippen LogP contribution in [0.25, 0.3) is 0 Å². The van der Waals surface area contributed by atoms with Crippen molar-refractivity contribution < 1.29 is 28.1 Å². The van der Waals surface area contributed by atoms with Crippen molar-refractivity contribution in [3.63, 3.8) is 0 Å². The van der Waals surface area contributed by atoms with Crippen molar-refractivity contribution in [1.29, 1.82) is 0 Å². The van der Waals surface area contributed by atoms with Gasteiger partial charge in [0, 0.05) is 44.9 Å². The lowest BCUT2D eigenvalue weighted by atomic mass is 10.2. The van der Waals surface area contributed by atoms with Crippen LogP contribution in [0.1, 0.15) is 5.56 Å². The molecule has 2 aromatic rings. The predicted octanol–water partition coefficient (Wildman–Crippen LogP) is 3.23. The molecule has 1 heterocycles. The van der Waals surface area contributed by atoms with Crippen LogP contribution in [0, 0.1) is 5.82 Å². The highest BCUT2D eigenvalue weighted by atomic mass is 35.5. The summed E-state index contributed by atoms with van der Waals surface area (Å²) < 4.78 is 34.9. The molecule has 1 aliphatic heterocycles.